The van der Waals surface area contributed by atoms with Crippen LogP contribution in [0.25, 0.3) is 0 Å². The van der Waals surface area contributed by atoms with Crippen LogP contribution in [0.4, 0.5) is 4.79 Å². The Labute approximate surface area is 220 Å². The van der Waals surface area contributed by atoms with Crippen LogP contribution in [-0.4, -0.2) is 37.8 Å². The second-order valence-corrected chi connectivity index (χ2v) is 10.5. The third-order valence-corrected chi connectivity index (χ3v) is 6.75. The molecule has 0 atom stereocenters. The molecule has 0 saturated carbocycles. The van der Waals surface area contributed by atoms with Gasteiger partial charge in [0, 0.05) is 18.5 Å². The van der Waals surface area contributed by atoms with Gasteiger partial charge in [-0.3, -0.25) is 0 Å². The van der Waals surface area contributed by atoms with Gasteiger partial charge in [0.15, 0.2) is 0 Å². The van der Waals surface area contributed by atoms with Crippen LogP contribution in [-0.2, 0) is 9.47 Å². The van der Waals surface area contributed by atoms with Crippen LogP contribution in [0.3, 0.4) is 0 Å². The summed E-state index contributed by atoms with van der Waals surface area (Å²) in [6, 6.07) is 0. The summed E-state index contributed by atoms with van der Waals surface area (Å²) in [6.45, 7) is 8.33. The van der Waals surface area contributed by atoms with E-state index in [0.717, 1.165) is 30.4 Å². The van der Waals surface area contributed by atoms with E-state index >= 15 is 0 Å². The summed E-state index contributed by atoms with van der Waals surface area (Å²) in [4.78, 5) is 11.8. The molecule has 0 aliphatic carbocycles. The Bertz CT molecular complexity index is 445. The summed E-state index contributed by atoms with van der Waals surface area (Å²) in [5, 5.41) is 3.91. The van der Waals surface area contributed by atoms with Gasteiger partial charge in [-0.1, -0.05) is 139 Å². The second-order valence-electron chi connectivity index (χ2n) is 9.71. The van der Waals surface area contributed by atoms with Gasteiger partial charge in [-0.2, -0.15) is 0 Å². The molecular weight excluding hydrogens is 490 g/mol. The fourth-order valence-corrected chi connectivity index (χ4v) is 4.39. The lowest BCUT2D eigenvalue weighted by molar-refractivity contribution is 0.128. The maximum absolute atomic E-state index is 11.8. The highest BCUT2D eigenvalue weighted by Crippen LogP contribution is 2.13. The number of ether oxygens (including phenoxy) is 2. The minimum Gasteiger partial charge on any atom is -0.445 e. The number of unbranched alkanes of at least 4 members (excludes halogenated alkanes) is 18. The van der Waals surface area contributed by atoms with Crippen molar-refractivity contribution in [2.75, 3.05) is 31.7 Å². The molecule has 0 fully saturated rings. The van der Waals surface area contributed by atoms with Crippen molar-refractivity contribution in [2.24, 2.45) is 0 Å². The molecule has 4 nitrogen and oxygen atoms in total. The standard InChI is InChI=1S/C29H56BrNO3/c1-3-4-5-6-7-8-9-10-11-12-13-14-15-16-18-21-24-31-29(32)34-27-28(2)26-33-25-22-19-17-20-23-30/h2-27H2,1H3,(H,31,32). The van der Waals surface area contributed by atoms with Gasteiger partial charge in [0.1, 0.15) is 6.61 Å². The van der Waals surface area contributed by atoms with E-state index in [1.165, 1.54) is 116 Å². The number of hydrogen-bond acceptors (Lipinski definition) is 3. The fourth-order valence-electron chi connectivity index (χ4n) is 3.99. The summed E-state index contributed by atoms with van der Waals surface area (Å²) in [5.41, 5.74) is 0.804. The van der Waals surface area contributed by atoms with Crippen molar-refractivity contribution < 1.29 is 14.3 Å². The molecule has 0 aliphatic rings. The number of nitrogens with one attached hydrogen (secondary N) is 1. The molecular formula is C29H56BrNO3. The molecule has 1 amide bonds. The highest BCUT2D eigenvalue weighted by Gasteiger charge is 2.03. The number of rotatable bonds is 27. The van der Waals surface area contributed by atoms with Crippen LogP contribution in [0.1, 0.15) is 135 Å². The first kappa shape index (κ1) is 33.4. The number of carbonyl (C=O) groups excluding carboxylic acids is 1. The number of hydrogen-bond donors (Lipinski definition) is 1. The first-order chi connectivity index (χ1) is 16.7. The fraction of sp³-hybridized carbons (Fsp3) is 0.897. The highest BCUT2D eigenvalue weighted by molar-refractivity contribution is 9.09. The molecule has 0 spiro atoms. The lowest BCUT2D eigenvalue weighted by Crippen LogP contribution is -2.26. The van der Waals surface area contributed by atoms with E-state index in [-0.39, 0.29) is 12.7 Å². The maximum Gasteiger partial charge on any atom is 0.407 e. The van der Waals surface area contributed by atoms with E-state index in [1.807, 2.05) is 0 Å². The molecule has 34 heavy (non-hydrogen) atoms. The minimum atomic E-state index is -0.350. The van der Waals surface area contributed by atoms with Crippen LogP contribution in [0.2, 0.25) is 0 Å². The average Bonchev–Trinajstić information content (AvgIpc) is 2.84. The lowest BCUT2D eigenvalue weighted by Gasteiger charge is -2.09. The molecule has 0 radical (unpaired) electrons. The topological polar surface area (TPSA) is 47.6 Å². The number of halogens is 1. The first-order valence-corrected chi connectivity index (χ1v) is 15.5. The van der Waals surface area contributed by atoms with E-state index in [9.17, 15) is 4.79 Å². The normalized spacial score (nSPS) is 11.0. The molecule has 0 heterocycles. The highest BCUT2D eigenvalue weighted by atomic mass is 79.9. The van der Waals surface area contributed by atoms with Crippen molar-refractivity contribution in [1.29, 1.82) is 0 Å². The van der Waals surface area contributed by atoms with E-state index in [0.29, 0.717) is 13.2 Å². The summed E-state index contributed by atoms with van der Waals surface area (Å²) in [6.07, 6.45) is 26.0. The zero-order valence-electron chi connectivity index (χ0n) is 22.5. The predicted octanol–water partition coefficient (Wildman–Crippen LogP) is 9.50. The number of amides is 1. The zero-order chi connectivity index (χ0) is 25.0. The summed E-state index contributed by atoms with van der Waals surface area (Å²) < 4.78 is 10.8. The lowest BCUT2D eigenvalue weighted by atomic mass is 10.0. The summed E-state index contributed by atoms with van der Waals surface area (Å²) in [7, 11) is 0. The van der Waals surface area contributed by atoms with Crippen molar-refractivity contribution in [2.45, 2.75) is 135 Å². The summed E-state index contributed by atoms with van der Waals surface area (Å²) in [5.74, 6) is 0. The average molecular weight is 547 g/mol. The zero-order valence-corrected chi connectivity index (χ0v) is 24.1. The minimum absolute atomic E-state index is 0.231. The van der Waals surface area contributed by atoms with Gasteiger partial charge < -0.3 is 14.8 Å². The van der Waals surface area contributed by atoms with Crippen LogP contribution >= 0.6 is 15.9 Å². The van der Waals surface area contributed by atoms with Crippen LogP contribution in [0, 0.1) is 0 Å². The van der Waals surface area contributed by atoms with Crippen molar-refractivity contribution >= 4 is 22.0 Å². The molecule has 0 saturated heterocycles. The number of alkyl halides is 1. The molecule has 202 valence electrons. The van der Waals surface area contributed by atoms with Gasteiger partial charge in [0.25, 0.3) is 0 Å². The quantitative estimate of drug-likeness (QED) is 0.0634. The van der Waals surface area contributed by atoms with E-state index in [4.69, 9.17) is 9.47 Å². The van der Waals surface area contributed by atoms with Crippen molar-refractivity contribution in [1.82, 2.24) is 5.32 Å². The van der Waals surface area contributed by atoms with Gasteiger partial charge in [0.2, 0.25) is 0 Å². The monoisotopic (exact) mass is 545 g/mol. The molecule has 5 heteroatoms. The molecule has 0 bridgehead atoms. The Balaban J connectivity index is 3.25. The molecule has 0 unspecified atom stereocenters. The molecule has 0 rings (SSSR count). The van der Waals surface area contributed by atoms with E-state index in [2.05, 4.69) is 34.7 Å². The maximum atomic E-state index is 11.8. The third kappa shape index (κ3) is 27.7. The Morgan fingerprint density at radius 2 is 1.15 bits per heavy atom. The molecule has 0 aromatic heterocycles. The van der Waals surface area contributed by atoms with Crippen LogP contribution in [0.5, 0.6) is 0 Å². The Hall–Kier alpha value is -0.550. The van der Waals surface area contributed by atoms with Gasteiger partial charge in [-0.05, 0) is 24.8 Å². The molecule has 0 aromatic rings. The summed E-state index contributed by atoms with van der Waals surface area (Å²) >= 11 is 3.44. The SMILES string of the molecule is C=C(COCCCCCCBr)COC(=O)NCCCCCCCCCCCCCCCCCC. The largest absolute Gasteiger partial charge is 0.445 e. The Morgan fingerprint density at radius 3 is 1.68 bits per heavy atom. The van der Waals surface area contributed by atoms with E-state index < -0.39 is 0 Å². The van der Waals surface area contributed by atoms with Crippen LogP contribution < -0.4 is 5.32 Å². The number of alkyl carbamates (subject to hydrolysis) is 1. The third-order valence-electron chi connectivity index (χ3n) is 6.19. The van der Waals surface area contributed by atoms with Gasteiger partial charge in [-0.15, -0.1) is 0 Å². The van der Waals surface area contributed by atoms with Gasteiger partial charge in [0.05, 0.1) is 6.61 Å². The van der Waals surface area contributed by atoms with Gasteiger partial charge in [-0.25, -0.2) is 4.79 Å². The second kappa shape index (κ2) is 28.7. The molecule has 1 N–H and O–H groups in total. The predicted molar refractivity (Wildman–Crippen MR) is 151 cm³/mol. The first-order valence-electron chi connectivity index (χ1n) is 14.4. The van der Waals surface area contributed by atoms with Crippen molar-refractivity contribution in [3.63, 3.8) is 0 Å². The smallest absolute Gasteiger partial charge is 0.407 e. The van der Waals surface area contributed by atoms with Crippen LogP contribution in [0.15, 0.2) is 12.2 Å². The Kier molecular flexibility index (Phi) is 28.2. The molecule has 0 aromatic carbocycles. The van der Waals surface area contributed by atoms with Crippen molar-refractivity contribution in [3.05, 3.63) is 12.2 Å². The van der Waals surface area contributed by atoms with Crippen molar-refractivity contribution in [3.8, 4) is 0 Å². The molecule has 0 aliphatic heterocycles. The van der Waals surface area contributed by atoms with Gasteiger partial charge >= 0.3 is 6.09 Å². The Morgan fingerprint density at radius 1 is 0.676 bits per heavy atom. The van der Waals surface area contributed by atoms with E-state index in [1.54, 1.807) is 0 Å². The number of carbonyl (C=O) groups is 1.